The molecule has 8 nitrogen and oxygen atoms in total. The first kappa shape index (κ1) is 22.1. The maximum Gasteiger partial charge on any atom is 0.240 e. The zero-order chi connectivity index (χ0) is 25.3. The second-order valence-electron chi connectivity index (χ2n) is 9.41. The molecule has 9 heteroatoms. The molecule has 3 aromatic rings. The molecule has 184 valence electrons. The first-order valence-electron chi connectivity index (χ1n) is 12.0. The van der Waals surface area contributed by atoms with Gasteiger partial charge in [-0.15, -0.1) is 0 Å². The number of carbonyl (C=O) groups excluding carboxylic acids is 3. The Bertz CT molecular complexity index is 1500. The molecule has 7 rings (SSSR count). The minimum absolute atomic E-state index is 0.282. The molecule has 0 saturated carbocycles. The average Bonchev–Trinajstić information content (AvgIpc) is 3.40. The molecule has 4 atom stereocenters. The number of Topliss-reactive ketones (excluding diaryl/α,β-unsaturated/α-hetero) is 1. The van der Waals surface area contributed by atoms with Crippen LogP contribution in [0.1, 0.15) is 27.5 Å². The number of benzene rings is 3. The lowest BCUT2D eigenvalue weighted by Crippen LogP contribution is -2.44. The van der Waals surface area contributed by atoms with Crippen LogP contribution >= 0.6 is 11.6 Å². The summed E-state index contributed by atoms with van der Waals surface area (Å²) in [6, 6.07) is 17.7. The summed E-state index contributed by atoms with van der Waals surface area (Å²) in [5.41, 5.74) is 2.52. The van der Waals surface area contributed by atoms with Gasteiger partial charge in [-0.3, -0.25) is 19.4 Å². The third kappa shape index (κ3) is 3.22. The third-order valence-corrected chi connectivity index (χ3v) is 7.73. The van der Waals surface area contributed by atoms with Crippen LogP contribution in [0.2, 0.25) is 5.02 Å². The van der Waals surface area contributed by atoms with E-state index in [0.29, 0.717) is 41.0 Å². The number of fused-ring (bicyclic) bond motifs is 6. The number of halogens is 1. The first-order chi connectivity index (χ1) is 18.0. The number of ketones is 1. The van der Waals surface area contributed by atoms with Gasteiger partial charge in [0.25, 0.3) is 0 Å². The molecule has 2 amide bonds. The Kier molecular flexibility index (Phi) is 4.87. The topological polar surface area (TPSA) is 88.5 Å². The quantitative estimate of drug-likeness (QED) is 0.390. The maximum absolute atomic E-state index is 14.0. The van der Waals surface area contributed by atoms with Crippen molar-refractivity contribution in [2.75, 3.05) is 18.1 Å². The van der Waals surface area contributed by atoms with Gasteiger partial charge in [0.15, 0.2) is 17.3 Å². The zero-order valence-electron chi connectivity index (χ0n) is 19.4. The molecule has 3 aromatic carbocycles. The normalized spacial score (nSPS) is 25.1. The van der Waals surface area contributed by atoms with Crippen molar-refractivity contribution in [3.8, 4) is 11.5 Å². The van der Waals surface area contributed by atoms with Crippen molar-refractivity contribution in [1.29, 1.82) is 0 Å². The molecule has 0 spiro atoms. The van der Waals surface area contributed by atoms with Gasteiger partial charge in [0.05, 0.1) is 29.8 Å². The van der Waals surface area contributed by atoms with E-state index in [1.165, 1.54) is 4.90 Å². The lowest BCUT2D eigenvalue weighted by atomic mass is 9.83. The summed E-state index contributed by atoms with van der Waals surface area (Å²) < 4.78 is 11.3. The number of ether oxygens (including phenoxy) is 2. The van der Waals surface area contributed by atoms with Crippen LogP contribution in [-0.4, -0.2) is 48.1 Å². The Balaban J connectivity index is 1.35. The van der Waals surface area contributed by atoms with Crippen LogP contribution in [0.15, 0.2) is 71.8 Å². The van der Waals surface area contributed by atoms with Gasteiger partial charge in [-0.2, -0.15) is 5.10 Å². The van der Waals surface area contributed by atoms with Crippen LogP contribution in [0.4, 0.5) is 5.69 Å². The molecule has 2 saturated heterocycles. The first-order valence-corrected chi connectivity index (χ1v) is 12.4. The highest BCUT2D eigenvalue weighted by molar-refractivity contribution is 6.30. The molecular formula is C28H20ClN3O5. The molecule has 0 aliphatic carbocycles. The van der Waals surface area contributed by atoms with E-state index < -0.39 is 29.8 Å². The number of imide groups is 1. The Morgan fingerprint density at radius 3 is 2.43 bits per heavy atom. The van der Waals surface area contributed by atoms with E-state index in [2.05, 4.69) is 5.10 Å². The Hall–Kier alpha value is -4.17. The Morgan fingerprint density at radius 2 is 1.62 bits per heavy atom. The number of rotatable bonds is 3. The molecule has 4 heterocycles. The van der Waals surface area contributed by atoms with Crippen molar-refractivity contribution < 1.29 is 23.9 Å². The van der Waals surface area contributed by atoms with E-state index in [0.717, 1.165) is 11.1 Å². The van der Waals surface area contributed by atoms with Crippen LogP contribution in [0, 0.1) is 11.8 Å². The van der Waals surface area contributed by atoms with Crippen molar-refractivity contribution in [2.45, 2.75) is 12.1 Å². The minimum Gasteiger partial charge on any atom is -0.486 e. The highest BCUT2D eigenvalue weighted by Gasteiger charge is 2.65. The summed E-state index contributed by atoms with van der Waals surface area (Å²) >= 11 is 6.04. The van der Waals surface area contributed by atoms with Crippen molar-refractivity contribution in [3.63, 3.8) is 0 Å². The molecule has 0 aromatic heterocycles. The summed E-state index contributed by atoms with van der Waals surface area (Å²) in [7, 11) is 0. The standard InChI is InChI=1S/C28H20ClN3O5/c29-17-7-5-15(6-8-17)26(33)25-23-22(24-19-4-2-1-3-16(19)14-30-32(24)25)27(34)31(28(23)35)18-9-10-20-21(13-18)37-12-11-36-20/h1-10,13-14,22-25H,11-12H2. The molecule has 2 fully saturated rings. The molecule has 4 aliphatic heterocycles. The van der Waals surface area contributed by atoms with Gasteiger partial charge in [-0.1, -0.05) is 35.9 Å². The molecule has 37 heavy (non-hydrogen) atoms. The highest BCUT2D eigenvalue weighted by atomic mass is 35.5. The van der Waals surface area contributed by atoms with E-state index in [9.17, 15) is 14.4 Å². The van der Waals surface area contributed by atoms with E-state index in [-0.39, 0.29) is 11.7 Å². The van der Waals surface area contributed by atoms with Gasteiger partial charge < -0.3 is 9.47 Å². The number of nitrogens with zero attached hydrogens (tertiary/aromatic N) is 3. The monoisotopic (exact) mass is 513 g/mol. The zero-order valence-corrected chi connectivity index (χ0v) is 20.2. The van der Waals surface area contributed by atoms with Crippen molar-refractivity contribution >= 4 is 41.1 Å². The van der Waals surface area contributed by atoms with Gasteiger partial charge in [-0.05, 0) is 47.5 Å². The average molecular weight is 514 g/mol. The van der Waals surface area contributed by atoms with Crippen LogP contribution in [0.25, 0.3) is 0 Å². The lowest BCUT2D eigenvalue weighted by Gasteiger charge is -2.33. The van der Waals surface area contributed by atoms with Crippen LogP contribution in [-0.2, 0) is 9.59 Å². The van der Waals surface area contributed by atoms with Crippen LogP contribution < -0.4 is 14.4 Å². The van der Waals surface area contributed by atoms with Crippen LogP contribution in [0.3, 0.4) is 0 Å². The molecule has 4 aliphatic rings. The van der Waals surface area contributed by atoms with Gasteiger partial charge in [0.2, 0.25) is 11.8 Å². The van der Waals surface area contributed by atoms with Crippen molar-refractivity contribution in [3.05, 3.63) is 88.4 Å². The fourth-order valence-corrected chi connectivity index (χ4v) is 6.00. The summed E-state index contributed by atoms with van der Waals surface area (Å²) in [5, 5.41) is 6.73. The summed E-state index contributed by atoms with van der Waals surface area (Å²) in [5.74, 6) is -1.72. The third-order valence-electron chi connectivity index (χ3n) is 7.47. The summed E-state index contributed by atoms with van der Waals surface area (Å²) in [4.78, 5) is 43.1. The number of hydrogen-bond donors (Lipinski definition) is 0. The second kappa shape index (κ2) is 8.18. The Labute approximate surface area is 217 Å². The van der Waals surface area contributed by atoms with Gasteiger partial charge >= 0.3 is 0 Å². The number of carbonyl (C=O) groups is 3. The summed E-state index contributed by atoms with van der Waals surface area (Å²) in [6.07, 6.45) is 1.68. The van der Waals surface area contributed by atoms with E-state index in [4.69, 9.17) is 21.1 Å². The SMILES string of the molecule is O=C(c1ccc(Cl)cc1)C1C2C(=O)N(c3ccc4c(c3)OCCO4)C(=O)C2C2c3ccccc3C=NN12. The molecule has 0 N–H and O–H groups in total. The fraction of sp³-hybridized carbons (Fsp3) is 0.214. The fourth-order valence-electron chi connectivity index (χ4n) is 5.88. The predicted molar refractivity (Wildman–Crippen MR) is 135 cm³/mol. The van der Waals surface area contributed by atoms with E-state index in [1.807, 2.05) is 24.3 Å². The smallest absolute Gasteiger partial charge is 0.240 e. The second-order valence-corrected chi connectivity index (χ2v) is 9.84. The van der Waals surface area contributed by atoms with Crippen molar-refractivity contribution in [1.82, 2.24) is 5.01 Å². The van der Waals surface area contributed by atoms with E-state index in [1.54, 1.807) is 53.7 Å². The van der Waals surface area contributed by atoms with Gasteiger partial charge in [0.1, 0.15) is 19.3 Å². The molecule has 0 radical (unpaired) electrons. The molecule has 0 bridgehead atoms. The number of amides is 2. The Morgan fingerprint density at radius 1 is 0.892 bits per heavy atom. The minimum atomic E-state index is -0.945. The summed E-state index contributed by atoms with van der Waals surface area (Å²) in [6.45, 7) is 0.817. The molecule has 4 unspecified atom stereocenters. The van der Waals surface area contributed by atoms with E-state index >= 15 is 0 Å². The number of hydrogen-bond acceptors (Lipinski definition) is 7. The number of hydrazone groups is 1. The molecular weight excluding hydrogens is 494 g/mol. The van der Waals surface area contributed by atoms with Crippen molar-refractivity contribution in [2.24, 2.45) is 16.9 Å². The number of anilines is 1. The van der Waals surface area contributed by atoms with Gasteiger partial charge in [-0.25, -0.2) is 4.90 Å². The largest absolute Gasteiger partial charge is 0.486 e. The predicted octanol–water partition coefficient (Wildman–Crippen LogP) is 3.87. The van der Waals surface area contributed by atoms with Crippen LogP contribution in [0.5, 0.6) is 11.5 Å². The highest BCUT2D eigenvalue weighted by Crippen LogP contribution is 2.53. The van der Waals surface area contributed by atoms with Gasteiger partial charge in [0, 0.05) is 16.7 Å². The lowest BCUT2D eigenvalue weighted by molar-refractivity contribution is -0.124. The maximum atomic E-state index is 14.0.